The van der Waals surface area contributed by atoms with Gasteiger partial charge in [-0.1, -0.05) is 23.2 Å². The van der Waals surface area contributed by atoms with Crippen molar-refractivity contribution < 1.29 is 28.5 Å². The number of hydrogen-bond acceptors (Lipinski definition) is 8. The van der Waals surface area contributed by atoms with Crippen LogP contribution in [0.5, 0.6) is 23.0 Å². The topological polar surface area (TPSA) is 108 Å². The molecule has 11 heteroatoms. The van der Waals surface area contributed by atoms with Crippen molar-refractivity contribution in [3.63, 3.8) is 0 Å². The van der Waals surface area contributed by atoms with Crippen LogP contribution in [0.25, 0.3) is 0 Å². The van der Waals surface area contributed by atoms with Crippen molar-refractivity contribution in [1.82, 2.24) is 0 Å². The lowest BCUT2D eigenvalue weighted by Gasteiger charge is -2.17. The lowest BCUT2D eigenvalue weighted by molar-refractivity contribution is -0.126. The Bertz CT molecular complexity index is 1080. The van der Waals surface area contributed by atoms with Gasteiger partial charge in [-0.25, -0.2) is 0 Å². The van der Waals surface area contributed by atoms with Crippen molar-refractivity contribution in [3.05, 3.63) is 34.3 Å². The van der Waals surface area contributed by atoms with Gasteiger partial charge in [0.1, 0.15) is 27.9 Å². The molecule has 1 unspecified atom stereocenters. The van der Waals surface area contributed by atoms with Crippen LogP contribution in [0.2, 0.25) is 10.0 Å². The average molecular weight is 526 g/mol. The maximum Gasteiger partial charge on any atom is 0.258 e. The number of nitrogens with zero attached hydrogens (tertiary/aromatic N) is 2. The third-order valence-corrected chi connectivity index (χ3v) is 5.01. The summed E-state index contributed by atoms with van der Waals surface area (Å²) < 4.78 is 22.3. The Labute approximate surface area is 214 Å². The summed E-state index contributed by atoms with van der Waals surface area (Å²) in [5.41, 5.74) is 0.385. The number of nitrogens with one attached hydrogen (secondary N) is 1. The van der Waals surface area contributed by atoms with E-state index in [1.54, 1.807) is 39.0 Å². The zero-order valence-electron chi connectivity index (χ0n) is 20.3. The van der Waals surface area contributed by atoms with Crippen LogP contribution in [-0.2, 0) is 9.59 Å². The van der Waals surface area contributed by atoms with Crippen molar-refractivity contribution in [3.8, 4) is 23.0 Å². The molecule has 9 nitrogen and oxygen atoms in total. The third-order valence-electron chi connectivity index (χ3n) is 4.42. The predicted molar refractivity (Wildman–Crippen MR) is 135 cm³/mol. The summed E-state index contributed by atoms with van der Waals surface area (Å²) in [6.45, 7) is 9.85. The van der Waals surface area contributed by atoms with Crippen molar-refractivity contribution in [2.75, 3.05) is 31.7 Å². The summed E-state index contributed by atoms with van der Waals surface area (Å²) >= 11 is 12.6. The van der Waals surface area contributed by atoms with Crippen molar-refractivity contribution in [2.45, 2.75) is 40.7 Å². The summed E-state index contributed by atoms with van der Waals surface area (Å²) in [5, 5.41) is 11.2. The predicted octanol–water partition coefficient (Wildman–Crippen LogP) is 6.27. The smallest absolute Gasteiger partial charge is 0.258 e. The van der Waals surface area contributed by atoms with Gasteiger partial charge in [-0.15, -0.1) is 0 Å². The van der Waals surface area contributed by atoms with Crippen molar-refractivity contribution >= 4 is 46.3 Å². The molecule has 1 atom stereocenters. The van der Waals surface area contributed by atoms with E-state index in [1.165, 1.54) is 13.0 Å². The Balaban J connectivity index is 2.43. The van der Waals surface area contributed by atoms with E-state index < -0.39 is 17.7 Å². The lowest BCUT2D eigenvalue weighted by Crippen LogP contribution is -2.32. The van der Waals surface area contributed by atoms with E-state index in [4.69, 9.17) is 42.1 Å². The first-order chi connectivity index (χ1) is 16.8. The zero-order chi connectivity index (χ0) is 26.0. The number of rotatable bonds is 13. The van der Waals surface area contributed by atoms with Crippen LogP contribution in [0.4, 0.5) is 11.4 Å². The SMILES string of the molecule is CCOc1ccc(OCC)c(NC(=O)C(N=Nc2cc(Cl)cc(OCC)c2OCC)C(C)=O)c1Cl. The minimum atomic E-state index is -1.47. The molecule has 0 fully saturated rings. The van der Waals surface area contributed by atoms with E-state index in [-0.39, 0.29) is 16.4 Å². The summed E-state index contributed by atoms with van der Waals surface area (Å²) in [6, 6.07) is 4.88. The Hall–Kier alpha value is -3.04. The molecule has 2 aromatic rings. The second kappa shape index (κ2) is 13.7. The van der Waals surface area contributed by atoms with E-state index in [1.807, 2.05) is 6.92 Å². The highest BCUT2D eigenvalue weighted by Gasteiger charge is 2.26. The number of azo groups is 1. The Morgan fingerprint density at radius 1 is 0.886 bits per heavy atom. The average Bonchev–Trinajstić information content (AvgIpc) is 2.80. The normalized spacial score (nSPS) is 11.7. The maximum absolute atomic E-state index is 13.1. The number of ether oxygens (including phenoxy) is 4. The first-order valence-corrected chi connectivity index (χ1v) is 11.9. The molecule has 2 aromatic carbocycles. The fourth-order valence-corrected chi connectivity index (χ4v) is 3.47. The van der Waals surface area contributed by atoms with E-state index in [0.29, 0.717) is 54.4 Å². The molecule has 0 aliphatic carbocycles. The van der Waals surface area contributed by atoms with Gasteiger partial charge in [0.25, 0.3) is 5.91 Å². The van der Waals surface area contributed by atoms with Gasteiger partial charge in [0.05, 0.1) is 26.4 Å². The van der Waals surface area contributed by atoms with Crippen molar-refractivity contribution in [1.29, 1.82) is 0 Å². The van der Waals surface area contributed by atoms with Gasteiger partial charge in [-0.05, 0) is 52.8 Å². The number of ketones is 1. The van der Waals surface area contributed by atoms with E-state index >= 15 is 0 Å². The molecular weight excluding hydrogens is 497 g/mol. The summed E-state index contributed by atoms with van der Waals surface area (Å²) in [4.78, 5) is 25.4. The van der Waals surface area contributed by atoms with Crippen molar-refractivity contribution in [2.24, 2.45) is 10.2 Å². The highest BCUT2D eigenvalue weighted by molar-refractivity contribution is 6.36. The molecule has 0 aromatic heterocycles. The fraction of sp³-hybridized carbons (Fsp3) is 0.417. The minimum Gasteiger partial charge on any atom is -0.492 e. The number of benzene rings is 2. The van der Waals surface area contributed by atoms with Gasteiger partial charge in [0, 0.05) is 11.1 Å². The number of carbonyl (C=O) groups is 2. The molecule has 0 aliphatic rings. The molecular formula is C24H29Cl2N3O6. The monoisotopic (exact) mass is 525 g/mol. The number of halogens is 2. The first kappa shape index (κ1) is 28.2. The number of amides is 1. The van der Waals surface area contributed by atoms with Gasteiger partial charge in [0.2, 0.25) is 6.04 Å². The molecule has 0 saturated heterocycles. The quantitative estimate of drug-likeness (QED) is 0.244. The van der Waals surface area contributed by atoms with Crippen LogP contribution < -0.4 is 24.3 Å². The highest BCUT2D eigenvalue weighted by Crippen LogP contribution is 2.42. The molecule has 0 spiro atoms. The second-order valence-corrected chi connectivity index (χ2v) is 7.77. The Morgan fingerprint density at radius 2 is 1.46 bits per heavy atom. The van der Waals surface area contributed by atoms with Gasteiger partial charge < -0.3 is 24.3 Å². The summed E-state index contributed by atoms with van der Waals surface area (Å²) in [5.74, 6) is 0.0759. The van der Waals surface area contributed by atoms with E-state index in [2.05, 4.69) is 15.5 Å². The number of Topliss-reactive ketones (excluding diaryl/α,β-unsaturated/α-hetero) is 1. The van der Waals surface area contributed by atoms with Gasteiger partial charge in [-0.2, -0.15) is 10.2 Å². The molecule has 0 heterocycles. The van der Waals surface area contributed by atoms with Crippen LogP contribution in [-0.4, -0.2) is 44.2 Å². The van der Waals surface area contributed by atoms with E-state index in [0.717, 1.165) is 0 Å². The molecule has 0 saturated carbocycles. The van der Waals surface area contributed by atoms with Crippen LogP contribution in [0.3, 0.4) is 0 Å². The highest BCUT2D eigenvalue weighted by atomic mass is 35.5. The maximum atomic E-state index is 13.1. The molecule has 35 heavy (non-hydrogen) atoms. The fourth-order valence-electron chi connectivity index (χ4n) is 3.01. The molecule has 1 N–H and O–H groups in total. The molecule has 0 radical (unpaired) electrons. The van der Waals surface area contributed by atoms with Gasteiger partial charge in [0.15, 0.2) is 17.3 Å². The van der Waals surface area contributed by atoms with E-state index in [9.17, 15) is 9.59 Å². The minimum absolute atomic E-state index is 0.139. The zero-order valence-corrected chi connectivity index (χ0v) is 21.8. The largest absolute Gasteiger partial charge is 0.492 e. The Morgan fingerprint density at radius 3 is 2.06 bits per heavy atom. The Kier molecular flexibility index (Phi) is 11.1. The van der Waals surface area contributed by atoms with Crippen LogP contribution in [0, 0.1) is 0 Å². The van der Waals surface area contributed by atoms with Crippen LogP contribution in [0.15, 0.2) is 34.5 Å². The molecule has 2 rings (SSSR count). The third kappa shape index (κ3) is 7.47. The lowest BCUT2D eigenvalue weighted by atomic mass is 10.2. The molecule has 0 bridgehead atoms. The molecule has 1 amide bonds. The standard InChI is InChI=1S/C24H29Cl2N3O6/c1-6-32-17-10-11-18(33-7-2)22(20(17)26)27-24(31)21(14(5)30)29-28-16-12-15(25)13-19(34-8-3)23(16)35-9-4/h10-13,21H,6-9H2,1-5H3,(H,27,31). The van der Waals surface area contributed by atoms with Gasteiger partial charge in [-0.3, -0.25) is 9.59 Å². The van der Waals surface area contributed by atoms with Gasteiger partial charge >= 0.3 is 0 Å². The number of hydrogen-bond donors (Lipinski definition) is 1. The number of carbonyl (C=O) groups excluding carboxylic acids is 2. The first-order valence-electron chi connectivity index (χ1n) is 11.2. The van der Waals surface area contributed by atoms with Crippen LogP contribution >= 0.6 is 23.2 Å². The summed E-state index contributed by atoms with van der Waals surface area (Å²) in [6.07, 6.45) is 0. The molecule has 190 valence electrons. The second-order valence-electron chi connectivity index (χ2n) is 6.95. The van der Waals surface area contributed by atoms with Crippen LogP contribution in [0.1, 0.15) is 34.6 Å². The number of anilines is 1. The molecule has 0 aliphatic heterocycles. The summed E-state index contributed by atoms with van der Waals surface area (Å²) in [7, 11) is 0.